The van der Waals surface area contributed by atoms with Crippen molar-refractivity contribution in [3.63, 3.8) is 0 Å². The Bertz CT molecular complexity index is 440. The van der Waals surface area contributed by atoms with Gasteiger partial charge in [0.2, 0.25) is 0 Å². The summed E-state index contributed by atoms with van der Waals surface area (Å²) in [6.45, 7) is 8.35. The Morgan fingerprint density at radius 2 is 1.85 bits per heavy atom. The van der Waals surface area contributed by atoms with Gasteiger partial charge in [0.05, 0.1) is 6.10 Å². The highest BCUT2D eigenvalue weighted by molar-refractivity contribution is 7.98. The van der Waals surface area contributed by atoms with Crippen LogP contribution >= 0.6 is 11.8 Å². The van der Waals surface area contributed by atoms with E-state index < -0.39 is 6.10 Å². The lowest BCUT2D eigenvalue weighted by Gasteiger charge is -2.33. The Morgan fingerprint density at radius 1 is 1.30 bits per heavy atom. The first-order chi connectivity index (χ1) is 9.27. The molecule has 0 spiro atoms. The van der Waals surface area contributed by atoms with Gasteiger partial charge in [-0.1, -0.05) is 27.7 Å². The molecule has 0 heterocycles. The molecule has 1 aromatic carbocycles. The van der Waals surface area contributed by atoms with Crippen LogP contribution in [0.2, 0.25) is 0 Å². The highest BCUT2D eigenvalue weighted by Gasteiger charge is 2.30. The number of thioether (sulfide) groups is 1. The van der Waals surface area contributed by atoms with Crippen molar-refractivity contribution in [2.24, 2.45) is 11.3 Å². The maximum absolute atomic E-state index is 12.1. The van der Waals surface area contributed by atoms with Gasteiger partial charge >= 0.3 is 0 Å². The van der Waals surface area contributed by atoms with Gasteiger partial charge in [0.15, 0.2) is 0 Å². The smallest absolute Gasteiger partial charge is 0.251 e. The number of aliphatic hydroxyl groups is 1. The van der Waals surface area contributed by atoms with Crippen LogP contribution in [0.3, 0.4) is 0 Å². The van der Waals surface area contributed by atoms with Crippen LogP contribution in [0.25, 0.3) is 0 Å². The third kappa shape index (κ3) is 4.53. The van der Waals surface area contributed by atoms with Crippen LogP contribution in [0.5, 0.6) is 0 Å². The van der Waals surface area contributed by atoms with E-state index in [0.717, 1.165) is 4.90 Å². The monoisotopic (exact) mass is 295 g/mol. The topological polar surface area (TPSA) is 49.3 Å². The molecule has 112 valence electrons. The van der Waals surface area contributed by atoms with E-state index in [4.69, 9.17) is 0 Å². The second-order valence-electron chi connectivity index (χ2n) is 6.09. The lowest BCUT2D eigenvalue weighted by Crippen LogP contribution is -2.43. The van der Waals surface area contributed by atoms with Crippen molar-refractivity contribution in [1.82, 2.24) is 5.32 Å². The molecule has 0 saturated heterocycles. The molecule has 0 aliphatic heterocycles. The lowest BCUT2D eigenvalue weighted by atomic mass is 9.80. The van der Waals surface area contributed by atoms with Crippen LogP contribution in [0.1, 0.15) is 38.1 Å². The predicted octanol–water partition coefficient (Wildman–Crippen LogP) is 3.18. The van der Waals surface area contributed by atoms with Crippen molar-refractivity contribution in [1.29, 1.82) is 0 Å². The summed E-state index contributed by atoms with van der Waals surface area (Å²) < 4.78 is 0. The molecule has 20 heavy (non-hydrogen) atoms. The van der Waals surface area contributed by atoms with Crippen LogP contribution in [-0.2, 0) is 0 Å². The largest absolute Gasteiger partial charge is 0.392 e. The maximum Gasteiger partial charge on any atom is 0.251 e. The van der Waals surface area contributed by atoms with Crippen LogP contribution in [0, 0.1) is 11.3 Å². The van der Waals surface area contributed by atoms with Crippen molar-refractivity contribution in [2.45, 2.75) is 38.7 Å². The van der Waals surface area contributed by atoms with Crippen molar-refractivity contribution in [3.05, 3.63) is 29.8 Å². The summed E-state index contributed by atoms with van der Waals surface area (Å²) in [4.78, 5) is 13.2. The zero-order valence-electron chi connectivity index (χ0n) is 12.9. The molecule has 0 fully saturated rings. The molecule has 1 unspecified atom stereocenters. The van der Waals surface area contributed by atoms with Gasteiger partial charge in [-0.2, -0.15) is 0 Å². The Kier molecular flexibility index (Phi) is 6.08. The summed E-state index contributed by atoms with van der Waals surface area (Å²) in [6, 6.07) is 7.53. The van der Waals surface area contributed by atoms with Crippen LogP contribution in [-0.4, -0.2) is 29.9 Å². The summed E-state index contributed by atoms with van der Waals surface area (Å²) in [5.41, 5.74) is 0.306. The third-order valence-electron chi connectivity index (χ3n) is 3.49. The van der Waals surface area contributed by atoms with Crippen LogP contribution < -0.4 is 5.32 Å². The van der Waals surface area contributed by atoms with Crippen molar-refractivity contribution < 1.29 is 9.90 Å². The molecule has 1 atom stereocenters. The number of carbonyl (C=O) groups is 1. The summed E-state index contributed by atoms with van der Waals surface area (Å²) >= 11 is 1.65. The fourth-order valence-electron chi connectivity index (χ4n) is 2.16. The fraction of sp³-hybridized carbons (Fsp3) is 0.562. The molecular weight excluding hydrogens is 270 g/mol. The van der Waals surface area contributed by atoms with E-state index in [1.54, 1.807) is 11.8 Å². The van der Waals surface area contributed by atoms with Gasteiger partial charge in [-0.3, -0.25) is 4.79 Å². The number of hydrogen-bond donors (Lipinski definition) is 2. The number of carbonyl (C=O) groups excluding carboxylic acids is 1. The molecule has 0 aliphatic carbocycles. The van der Waals surface area contributed by atoms with E-state index in [0.29, 0.717) is 12.1 Å². The predicted molar refractivity (Wildman–Crippen MR) is 85.2 cm³/mol. The molecule has 2 N–H and O–H groups in total. The third-order valence-corrected chi connectivity index (χ3v) is 4.23. The van der Waals surface area contributed by atoms with E-state index in [1.165, 1.54) is 0 Å². The first-order valence-electron chi connectivity index (χ1n) is 6.88. The molecule has 1 aromatic rings. The first-order valence-corrected chi connectivity index (χ1v) is 8.10. The maximum atomic E-state index is 12.1. The summed E-state index contributed by atoms with van der Waals surface area (Å²) in [6.07, 6.45) is 1.56. The van der Waals surface area contributed by atoms with Gasteiger partial charge in [-0.25, -0.2) is 0 Å². The summed E-state index contributed by atoms with van der Waals surface area (Å²) in [5.74, 6) is 0.0736. The molecule has 1 rings (SSSR count). The second kappa shape index (κ2) is 7.14. The molecular formula is C16H25NO2S. The molecule has 0 radical (unpaired) electrons. The Morgan fingerprint density at radius 3 is 2.30 bits per heavy atom. The van der Waals surface area contributed by atoms with Crippen molar-refractivity contribution >= 4 is 17.7 Å². The van der Waals surface area contributed by atoms with Gasteiger partial charge in [0.25, 0.3) is 5.91 Å². The summed E-state index contributed by atoms with van der Waals surface area (Å²) in [7, 11) is 0. The number of aliphatic hydroxyl groups excluding tert-OH is 1. The minimum Gasteiger partial charge on any atom is -0.392 e. The minimum atomic E-state index is -0.443. The Labute approximate surface area is 126 Å². The quantitative estimate of drug-likeness (QED) is 0.793. The Hall–Kier alpha value is -1.00. The number of amides is 1. The van der Waals surface area contributed by atoms with Gasteiger partial charge in [-0.05, 0) is 36.4 Å². The van der Waals surface area contributed by atoms with Crippen molar-refractivity contribution in [3.8, 4) is 0 Å². The first kappa shape index (κ1) is 17.1. The molecule has 0 aromatic heterocycles. The second-order valence-corrected chi connectivity index (χ2v) is 6.97. The van der Waals surface area contributed by atoms with Gasteiger partial charge in [-0.15, -0.1) is 11.8 Å². The molecule has 1 amide bonds. The molecule has 3 nitrogen and oxygen atoms in total. The van der Waals surface area contributed by atoms with E-state index in [2.05, 4.69) is 5.32 Å². The molecule has 4 heteroatoms. The van der Waals surface area contributed by atoms with Gasteiger partial charge < -0.3 is 10.4 Å². The van der Waals surface area contributed by atoms with E-state index in [9.17, 15) is 9.90 Å². The normalized spacial score (nSPS) is 13.3. The zero-order chi connectivity index (χ0) is 15.3. The number of rotatable bonds is 6. The SMILES string of the molecule is CSc1ccc(C(=O)NCC(C)(C)C(O)C(C)C)cc1. The fourth-order valence-corrected chi connectivity index (χ4v) is 2.57. The average Bonchev–Trinajstić information content (AvgIpc) is 2.44. The van der Waals surface area contributed by atoms with Crippen LogP contribution in [0.4, 0.5) is 0 Å². The number of nitrogens with one attached hydrogen (secondary N) is 1. The minimum absolute atomic E-state index is 0.0957. The van der Waals surface area contributed by atoms with Crippen molar-refractivity contribution in [2.75, 3.05) is 12.8 Å². The van der Waals surface area contributed by atoms with E-state index in [1.807, 2.05) is 58.2 Å². The number of benzene rings is 1. The van der Waals surface area contributed by atoms with E-state index >= 15 is 0 Å². The molecule has 0 saturated carbocycles. The van der Waals surface area contributed by atoms with Crippen LogP contribution in [0.15, 0.2) is 29.2 Å². The zero-order valence-corrected chi connectivity index (χ0v) is 13.8. The summed E-state index contributed by atoms with van der Waals surface area (Å²) in [5, 5.41) is 13.1. The molecule has 0 aliphatic rings. The molecule has 0 bridgehead atoms. The standard InChI is InChI=1S/C16H25NO2S/c1-11(2)14(18)16(3,4)10-17-15(19)12-6-8-13(20-5)9-7-12/h6-9,11,14,18H,10H2,1-5H3,(H,17,19). The Balaban J connectivity index is 2.62. The highest BCUT2D eigenvalue weighted by Crippen LogP contribution is 2.25. The lowest BCUT2D eigenvalue weighted by molar-refractivity contribution is 0.0138. The van der Waals surface area contributed by atoms with Gasteiger partial charge in [0.1, 0.15) is 0 Å². The van der Waals surface area contributed by atoms with Gasteiger partial charge in [0, 0.05) is 22.4 Å². The average molecular weight is 295 g/mol. The van der Waals surface area contributed by atoms with E-state index in [-0.39, 0.29) is 17.2 Å². The number of hydrogen-bond acceptors (Lipinski definition) is 3. The highest BCUT2D eigenvalue weighted by atomic mass is 32.2.